The molecule has 0 fully saturated rings. The van der Waals surface area contributed by atoms with Crippen molar-refractivity contribution < 1.29 is 4.74 Å². The number of hydrogen-bond donors (Lipinski definition) is 1. The maximum absolute atomic E-state index is 12.1. The molecule has 0 spiro atoms. The summed E-state index contributed by atoms with van der Waals surface area (Å²) in [5.41, 5.74) is 0.426. The molecule has 2 aromatic carbocycles. The Balaban J connectivity index is 2.16. The molecule has 0 unspecified atom stereocenters. The van der Waals surface area contributed by atoms with Crippen LogP contribution in [0.1, 0.15) is 5.56 Å². The second-order valence-corrected chi connectivity index (χ2v) is 5.62. The fraction of sp³-hybridized carbons (Fsp3) is 0.0556. The van der Waals surface area contributed by atoms with Gasteiger partial charge in [0.1, 0.15) is 28.8 Å². The van der Waals surface area contributed by atoms with Crippen molar-refractivity contribution in [2.75, 3.05) is 6.26 Å². The highest BCUT2D eigenvalue weighted by Gasteiger charge is 2.17. The molecule has 1 heterocycles. The number of H-pyrrole nitrogens is 1. The molecule has 0 atom stereocenters. The second-order valence-electron chi connectivity index (χ2n) is 4.82. The standard InChI is InChI=1S/C18H13N3O2S/c1-24-18-20-16(14(11-19)17(22)21-18)13-9-5-6-10-15(13)23-12-7-3-2-4-8-12/h2-10H,1H3,(H,20,21,22). The van der Waals surface area contributed by atoms with Crippen molar-refractivity contribution in [1.82, 2.24) is 9.97 Å². The first-order valence-corrected chi connectivity index (χ1v) is 8.36. The van der Waals surface area contributed by atoms with Gasteiger partial charge in [-0.1, -0.05) is 42.1 Å². The van der Waals surface area contributed by atoms with Crippen molar-refractivity contribution in [2.24, 2.45) is 0 Å². The SMILES string of the molecule is CSc1nc(-c2ccccc2Oc2ccccc2)c(C#N)c(=O)[nH]1. The van der Waals surface area contributed by atoms with Gasteiger partial charge in [-0.05, 0) is 30.5 Å². The molecular formula is C18H13N3O2S. The van der Waals surface area contributed by atoms with Gasteiger partial charge in [-0.25, -0.2) is 4.98 Å². The summed E-state index contributed by atoms with van der Waals surface area (Å²) in [6.07, 6.45) is 1.81. The number of nitrogens with zero attached hydrogens (tertiary/aromatic N) is 2. The molecule has 118 valence electrons. The van der Waals surface area contributed by atoms with Gasteiger partial charge in [0.15, 0.2) is 5.16 Å². The predicted molar refractivity (Wildman–Crippen MR) is 93.3 cm³/mol. The van der Waals surface area contributed by atoms with Gasteiger partial charge in [0.2, 0.25) is 0 Å². The molecular weight excluding hydrogens is 322 g/mol. The topological polar surface area (TPSA) is 78.8 Å². The average Bonchev–Trinajstić information content (AvgIpc) is 2.62. The quantitative estimate of drug-likeness (QED) is 0.579. The highest BCUT2D eigenvalue weighted by atomic mass is 32.2. The minimum Gasteiger partial charge on any atom is -0.457 e. The fourth-order valence-electron chi connectivity index (χ4n) is 2.21. The Morgan fingerprint density at radius 3 is 2.54 bits per heavy atom. The van der Waals surface area contributed by atoms with Gasteiger partial charge in [-0.15, -0.1) is 0 Å². The number of ether oxygens (including phenoxy) is 1. The van der Waals surface area contributed by atoms with E-state index < -0.39 is 5.56 Å². The highest BCUT2D eigenvalue weighted by Crippen LogP contribution is 2.33. The Hall–Kier alpha value is -3.04. The molecule has 5 nitrogen and oxygen atoms in total. The number of rotatable bonds is 4. The number of nitriles is 1. The van der Waals surface area contributed by atoms with Crippen LogP contribution in [0.3, 0.4) is 0 Å². The molecule has 1 N–H and O–H groups in total. The smallest absolute Gasteiger partial charge is 0.270 e. The summed E-state index contributed by atoms with van der Waals surface area (Å²) >= 11 is 1.30. The molecule has 0 radical (unpaired) electrons. The summed E-state index contributed by atoms with van der Waals surface area (Å²) < 4.78 is 5.91. The third kappa shape index (κ3) is 3.16. The van der Waals surface area contributed by atoms with Crippen LogP contribution in [0, 0.1) is 11.3 Å². The van der Waals surface area contributed by atoms with Crippen molar-refractivity contribution in [3.05, 3.63) is 70.5 Å². The Kier molecular flexibility index (Phi) is 4.64. The largest absolute Gasteiger partial charge is 0.457 e. The van der Waals surface area contributed by atoms with Crippen LogP contribution >= 0.6 is 11.8 Å². The summed E-state index contributed by atoms with van der Waals surface area (Å²) in [5, 5.41) is 9.79. The average molecular weight is 335 g/mol. The summed E-state index contributed by atoms with van der Waals surface area (Å²) in [7, 11) is 0. The zero-order chi connectivity index (χ0) is 16.9. The number of thioether (sulfide) groups is 1. The van der Waals surface area contributed by atoms with Crippen LogP contribution < -0.4 is 10.3 Å². The first-order valence-electron chi connectivity index (χ1n) is 7.13. The maximum atomic E-state index is 12.1. The Morgan fingerprint density at radius 2 is 1.83 bits per heavy atom. The van der Waals surface area contributed by atoms with Gasteiger partial charge in [0.25, 0.3) is 5.56 Å². The van der Waals surface area contributed by atoms with Gasteiger partial charge >= 0.3 is 0 Å². The van der Waals surface area contributed by atoms with Crippen LogP contribution in [0.5, 0.6) is 11.5 Å². The van der Waals surface area contributed by atoms with Crippen LogP contribution in [0.15, 0.2) is 64.5 Å². The van der Waals surface area contributed by atoms with Gasteiger partial charge in [-0.2, -0.15) is 5.26 Å². The lowest BCUT2D eigenvalue weighted by Gasteiger charge is -2.12. The van der Waals surface area contributed by atoms with E-state index in [1.807, 2.05) is 48.5 Å². The first kappa shape index (κ1) is 15.8. The fourth-order valence-corrected chi connectivity index (χ4v) is 2.59. The normalized spacial score (nSPS) is 10.2. The van der Waals surface area contributed by atoms with Crippen LogP contribution in [0.4, 0.5) is 0 Å². The lowest BCUT2D eigenvalue weighted by molar-refractivity contribution is 0.484. The lowest BCUT2D eigenvalue weighted by Crippen LogP contribution is -2.14. The van der Waals surface area contributed by atoms with E-state index in [1.54, 1.807) is 18.4 Å². The van der Waals surface area contributed by atoms with Crippen molar-refractivity contribution in [3.8, 4) is 28.8 Å². The van der Waals surface area contributed by atoms with E-state index in [0.29, 0.717) is 27.9 Å². The molecule has 0 bridgehead atoms. The molecule has 3 aromatic rings. The van der Waals surface area contributed by atoms with Crippen molar-refractivity contribution in [2.45, 2.75) is 5.16 Å². The van der Waals surface area contributed by atoms with Crippen LogP contribution in [0.2, 0.25) is 0 Å². The zero-order valence-electron chi connectivity index (χ0n) is 12.8. The van der Waals surface area contributed by atoms with E-state index >= 15 is 0 Å². The van der Waals surface area contributed by atoms with Gasteiger partial charge in [0.05, 0.1) is 0 Å². The Bertz CT molecular complexity index is 962. The molecule has 1 aromatic heterocycles. The second kappa shape index (κ2) is 7.02. The van der Waals surface area contributed by atoms with Crippen LogP contribution in [-0.4, -0.2) is 16.2 Å². The van der Waals surface area contributed by atoms with E-state index in [4.69, 9.17) is 4.74 Å². The molecule has 0 aliphatic heterocycles. The molecule has 0 aliphatic rings. The molecule has 0 amide bonds. The number of aromatic nitrogens is 2. The van der Waals surface area contributed by atoms with Crippen molar-refractivity contribution in [1.29, 1.82) is 5.26 Å². The molecule has 0 aliphatic carbocycles. The van der Waals surface area contributed by atoms with Crippen molar-refractivity contribution in [3.63, 3.8) is 0 Å². The highest BCUT2D eigenvalue weighted by molar-refractivity contribution is 7.98. The predicted octanol–water partition coefficient (Wildman–Crippen LogP) is 3.82. The zero-order valence-corrected chi connectivity index (χ0v) is 13.6. The molecule has 0 saturated carbocycles. The molecule has 24 heavy (non-hydrogen) atoms. The molecule has 3 rings (SSSR count). The number of nitrogens with one attached hydrogen (secondary N) is 1. The number of aromatic amines is 1. The van der Waals surface area contributed by atoms with E-state index in [2.05, 4.69) is 9.97 Å². The summed E-state index contributed by atoms with van der Waals surface area (Å²) in [6, 6.07) is 18.5. The van der Waals surface area contributed by atoms with E-state index in [9.17, 15) is 10.1 Å². The third-order valence-electron chi connectivity index (χ3n) is 3.32. The Labute approximate surface area is 143 Å². The number of hydrogen-bond acceptors (Lipinski definition) is 5. The van der Waals surface area contributed by atoms with Gasteiger partial charge < -0.3 is 9.72 Å². The van der Waals surface area contributed by atoms with E-state index in [-0.39, 0.29) is 5.56 Å². The maximum Gasteiger partial charge on any atom is 0.270 e. The first-order chi connectivity index (χ1) is 11.7. The van der Waals surface area contributed by atoms with Gasteiger partial charge in [0, 0.05) is 5.56 Å². The molecule has 6 heteroatoms. The summed E-state index contributed by atoms with van der Waals surface area (Å²) in [6.45, 7) is 0. The summed E-state index contributed by atoms with van der Waals surface area (Å²) in [5.74, 6) is 1.20. The monoisotopic (exact) mass is 335 g/mol. The number of benzene rings is 2. The van der Waals surface area contributed by atoms with Gasteiger partial charge in [-0.3, -0.25) is 4.79 Å². The van der Waals surface area contributed by atoms with E-state index in [0.717, 1.165) is 0 Å². The number of para-hydroxylation sites is 2. The van der Waals surface area contributed by atoms with Crippen LogP contribution in [-0.2, 0) is 0 Å². The van der Waals surface area contributed by atoms with Crippen LogP contribution in [0.25, 0.3) is 11.3 Å². The molecule has 0 saturated heterocycles. The third-order valence-corrected chi connectivity index (χ3v) is 3.90. The summed E-state index contributed by atoms with van der Waals surface area (Å²) in [4.78, 5) is 19.1. The lowest BCUT2D eigenvalue weighted by atomic mass is 10.1. The minimum atomic E-state index is -0.457. The van der Waals surface area contributed by atoms with E-state index in [1.165, 1.54) is 11.8 Å². The Morgan fingerprint density at radius 1 is 1.12 bits per heavy atom. The minimum absolute atomic E-state index is 0.0306. The van der Waals surface area contributed by atoms with Crippen molar-refractivity contribution >= 4 is 11.8 Å².